The number of carbonyl (C=O) groups is 2. The van der Waals surface area contributed by atoms with Gasteiger partial charge in [-0.05, 0) is 36.8 Å². The molecule has 2 fully saturated rings. The Morgan fingerprint density at radius 1 is 1.16 bits per heavy atom. The summed E-state index contributed by atoms with van der Waals surface area (Å²) < 4.78 is 32.4. The lowest BCUT2D eigenvalue weighted by molar-refractivity contribution is -0.126. The van der Waals surface area contributed by atoms with Gasteiger partial charge in [0.15, 0.2) is 0 Å². The standard InChI is InChI=1S/C22H22ClF2N3O3/c1-31-20-3-2-14(23)7-19(20)27-5-4-17(12-27)26-22(30)13-6-21(29)28(11-13)18-9-15(24)8-16(25)10-18/h2-3,7-10,13,17H,4-6,11-12H2,1H3,(H,26,30). The molecule has 2 heterocycles. The van der Waals surface area contributed by atoms with Crippen LogP contribution >= 0.6 is 11.6 Å². The summed E-state index contributed by atoms with van der Waals surface area (Å²) in [6.45, 7) is 1.40. The first-order valence-electron chi connectivity index (χ1n) is 9.99. The zero-order valence-corrected chi connectivity index (χ0v) is 17.7. The summed E-state index contributed by atoms with van der Waals surface area (Å²) in [4.78, 5) is 28.5. The number of ether oxygens (including phenoxy) is 1. The van der Waals surface area contributed by atoms with Crippen LogP contribution in [0.2, 0.25) is 5.02 Å². The van der Waals surface area contributed by atoms with Crippen molar-refractivity contribution in [2.75, 3.05) is 36.5 Å². The predicted octanol–water partition coefficient (Wildman–Crippen LogP) is 3.37. The van der Waals surface area contributed by atoms with Gasteiger partial charge in [0.05, 0.1) is 18.7 Å². The van der Waals surface area contributed by atoms with Crippen LogP contribution in [0.3, 0.4) is 0 Å². The number of methoxy groups -OCH3 is 1. The highest BCUT2D eigenvalue weighted by atomic mass is 35.5. The Labute approximate surface area is 183 Å². The van der Waals surface area contributed by atoms with E-state index in [0.29, 0.717) is 17.3 Å². The van der Waals surface area contributed by atoms with Gasteiger partial charge in [-0.25, -0.2) is 8.78 Å². The van der Waals surface area contributed by atoms with Crippen LogP contribution in [0.25, 0.3) is 0 Å². The molecule has 2 aromatic rings. The van der Waals surface area contributed by atoms with Crippen LogP contribution in [0.1, 0.15) is 12.8 Å². The van der Waals surface area contributed by atoms with Crippen molar-refractivity contribution in [3.63, 3.8) is 0 Å². The fourth-order valence-corrected chi connectivity index (χ4v) is 4.32. The van der Waals surface area contributed by atoms with Gasteiger partial charge in [-0.2, -0.15) is 0 Å². The topological polar surface area (TPSA) is 61.9 Å². The third kappa shape index (κ3) is 4.58. The van der Waals surface area contributed by atoms with E-state index in [4.69, 9.17) is 16.3 Å². The van der Waals surface area contributed by atoms with Crippen LogP contribution < -0.4 is 19.9 Å². The predicted molar refractivity (Wildman–Crippen MR) is 114 cm³/mol. The molecule has 2 amide bonds. The van der Waals surface area contributed by atoms with Gasteiger partial charge in [0.1, 0.15) is 17.4 Å². The van der Waals surface area contributed by atoms with Crippen molar-refractivity contribution in [3.05, 3.63) is 53.1 Å². The number of halogens is 3. The van der Waals surface area contributed by atoms with Crippen molar-refractivity contribution < 1.29 is 23.1 Å². The molecule has 4 rings (SSSR count). The highest BCUT2D eigenvalue weighted by Gasteiger charge is 2.37. The minimum absolute atomic E-state index is 0.00250. The Bertz CT molecular complexity index is 999. The Morgan fingerprint density at radius 2 is 1.90 bits per heavy atom. The van der Waals surface area contributed by atoms with E-state index < -0.39 is 17.6 Å². The van der Waals surface area contributed by atoms with Crippen molar-refractivity contribution >= 4 is 34.8 Å². The lowest BCUT2D eigenvalue weighted by Gasteiger charge is -2.22. The van der Waals surface area contributed by atoms with Gasteiger partial charge in [0.2, 0.25) is 11.8 Å². The van der Waals surface area contributed by atoms with Crippen molar-refractivity contribution in [1.82, 2.24) is 5.32 Å². The maximum absolute atomic E-state index is 13.5. The van der Waals surface area contributed by atoms with E-state index in [1.54, 1.807) is 19.2 Å². The molecule has 0 aliphatic carbocycles. The normalized spacial score (nSPS) is 21.0. The van der Waals surface area contributed by atoms with Crippen LogP contribution in [0, 0.1) is 17.6 Å². The molecule has 2 saturated heterocycles. The number of nitrogens with zero attached hydrogens (tertiary/aromatic N) is 2. The summed E-state index contributed by atoms with van der Waals surface area (Å²) in [5.41, 5.74) is 0.986. The third-order valence-electron chi connectivity index (χ3n) is 5.67. The van der Waals surface area contributed by atoms with E-state index in [1.165, 1.54) is 4.90 Å². The molecule has 0 bridgehead atoms. The lowest BCUT2D eigenvalue weighted by atomic mass is 10.1. The summed E-state index contributed by atoms with van der Waals surface area (Å²) in [5.74, 6) is -1.97. The molecule has 1 N–H and O–H groups in total. The fraction of sp³-hybridized carbons (Fsp3) is 0.364. The van der Waals surface area contributed by atoms with Gasteiger partial charge < -0.3 is 19.9 Å². The Balaban J connectivity index is 1.38. The van der Waals surface area contributed by atoms with Crippen molar-refractivity contribution in [2.24, 2.45) is 5.92 Å². The molecule has 31 heavy (non-hydrogen) atoms. The van der Waals surface area contributed by atoms with E-state index in [1.807, 2.05) is 6.07 Å². The molecule has 9 heteroatoms. The summed E-state index contributed by atoms with van der Waals surface area (Å²) in [6.07, 6.45) is 0.739. The van der Waals surface area contributed by atoms with Gasteiger partial charge in [0.25, 0.3) is 0 Å². The molecule has 0 aromatic heterocycles. The van der Waals surface area contributed by atoms with Crippen LogP contribution in [0.4, 0.5) is 20.2 Å². The summed E-state index contributed by atoms with van der Waals surface area (Å²) >= 11 is 6.12. The molecule has 0 spiro atoms. The summed E-state index contributed by atoms with van der Waals surface area (Å²) in [7, 11) is 1.59. The number of benzene rings is 2. The molecular formula is C22H22ClF2N3O3. The quantitative estimate of drug-likeness (QED) is 0.760. The van der Waals surface area contributed by atoms with Gasteiger partial charge in [-0.15, -0.1) is 0 Å². The van der Waals surface area contributed by atoms with E-state index in [0.717, 1.165) is 36.9 Å². The summed E-state index contributed by atoms with van der Waals surface area (Å²) in [6, 6.07) is 8.23. The van der Waals surface area contributed by atoms with Crippen LogP contribution in [-0.2, 0) is 9.59 Å². The van der Waals surface area contributed by atoms with Gasteiger partial charge in [0, 0.05) is 48.9 Å². The monoisotopic (exact) mass is 449 g/mol. The van der Waals surface area contributed by atoms with E-state index in [-0.39, 0.29) is 36.5 Å². The maximum atomic E-state index is 13.5. The number of hydrogen-bond acceptors (Lipinski definition) is 4. The second-order valence-corrected chi connectivity index (χ2v) is 8.23. The number of nitrogens with one attached hydrogen (secondary N) is 1. The average Bonchev–Trinajstić information content (AvgIpc) is 3.34. The molecule has 0 radical (unpaired) electrons. The largest absolute Gasteiger partial charge is 0.495 e. The Kier molecular flexibility index (Phi) is 6.00. The van der Waals surface area contributed by atoms with Crippen LogP contribution in [-0.4, -0.2) is 44.6 Å². The molecule has 2 aliphatic heterocycles. The number of amides is 2. The molecule has 2 aromatic carbocycles. The number of anilines is 2. The minimum atomic E-state index is -0.766. The molecule has 2 aliphatic rings. The Morgan fingerprint density at radius 3 is 2.61 bits per heavy atom. The number of hydrogen-bond donors (Lipinski definition) is 1. The van der Waals surface area contributed by atoms with E-state index in [9.17, 15) is 18.4 Å². The number of carbonyl (C=O) groups excluding carboxylic acids is 2. The zero-order valence-electron chi connectivity index (χ0n) is 16.9. The minimum Gasteiger partial charge on any atom is -0.495 e. The highest BCUT2D eigenvalue weighted by molar-refractivity contribution is 6.31. The molecule has 164 valence electrons. The third-order valence-corrected chi connectivity index (χ3v) is 5.91. The molecule has 6 nitrogen and oxygen atoms in total. The van der Waals surface area contributed by atoms with Crippen molar-refractivity contribution in [1.29, 1.82) is 0 Å². The maximum Gasteiger partial charge on any atom is 0.227 e. The second-order valence-electron chi connectivity index (χ2n) is 7.79. The van der Waals surface area contributed by atoms with E-state index >= 15 is 0 Å². The highest BCUT2D eigenvalue weighted by Crippen LogP contribution is 2.33. The second kappa shape index (κ2) is 8.70. The average molecular weight is 450 g/mol. The first-order chi connectivity index (χ1) is 14.8. The first kappa shape index (κ1) is 21.4. The molecule has 2 atom stereocenters. The first-order valence-corrected chi connectivity index (χ1v) is 10.4. The SMILES string of the molecule is COc1ccc(Cl)cc1N1CCC(NC(=O)C2CC(=O)N(c3cc(F)cc(F)c3)C2)C1. The van der Waals surface area contributed by atoms with Gasteiger partial charge >= 0.3 is 0 Å². The molecule has 0 saturated carbocycles. The lowest BCUT2D eigenvalue weighted by Crippen LogP contribution is -2.41. The van der Waals surface area contributed by atoms with Crippen molar-refractivity contribution in [3.8, 4) is 5.75 Å². The summed E-state index contributed by atoms with van der Waals surface area (Å²) in [5, 5.41) is 3.61. The zero-order chi connectivity index (χ0) is 22.1. The molecule has 2 unspecified atom stereocenters. The Hall–Kier alpha value is -2.87. The van der Waals surface area contributed by atoms with Crippen LogP contribution in [0.15, 0.2) is 36.4 Å². The van der Waals surface area contributed by atoms with Gasteiger partial charge in [-0.1, -0.05) is 11.6 Å². The fourth-order valence-electron chi connectivity index (χ4n) is 4.15. The number of rotatable bonds is 5. The van der Waals surface area contributed by atoms with Crippen molar-refractivity contribution in [2.45, 2.75) is 18.9 Å². The van der Waals surface area contributed by atoms with E-state index in [2.05, 4.69) is 10.2 Å². The molecular weight excluding hydrogens is 428 g/mol. The van der Waals surface area contributed by atoms with Gasteiger partial charge in [-0.3, -0.25) is 9.59 Å². The van der Waals surface area contributed by atoms with Crippen LogP contribution in [0.5, 0.6) is 5.75 Å². The smallest absolute Gasteiger partial charge is 0.227 e.